The van der Waals surface area contributed by atoms with Crippen LogP contribution in [0, 0.1) is 13.8 Å². The quantitative estimate of drug-likeness (QED) is 0.461. The van der Waals surface area contributed by atoms with Gasteiger partial charge in [-0.1, -0.05) is 36.5 Å². The monoisotopic (exact) mass is 432 g/mol. The summed E-state index contributed by atoms with van der Waals surface area (Å²) in [6.45, 7) is 6.85. The van der Waals surface area contributed by atoms with Crippen molar-refractivity contribution in [2.45, 2.75) is 39.5 Å². The number of carbonyl (C=O) groups is 1. The van der Waals surface area contributed by atoms with Gasteiger partial charge in [0.15, 0.2) is 0 Å². The van der Waals surface area contributed by atoms with E-state index in [4.69, 9.17) is 14.8 Å². The number of fused-ring (bicyclic) bond motifs is 2. The van der Waals surface area contributed by atoms with Gasteiger partial charge in [-0.15, -0.1) is 0 Å². The summed E-state index contributed by atoms with van der Waals surface area (Å²) in [5.41, 5.74) is 5.18. The smallest absolute Gasteiger partial charge is 0.226 e. The van der Waals surface area contributed by atoms with Gasteiger partial charge in [-0.3, -0.25) is 4.79 Å². The van der Waals surface area contributed by atoms with Gasteiger partial charge in [0.1, 0.15) is 11.6 Å². The van der Waals surface area contributed by atoms with Gasteiger partial charge in [0.25, 0.3) is 0 Å². The van der Waals surface area contributed by atoms with E-state index in [0.29, 0.717) is 13.0 Å². The zero-order valence-corrected chi connectivity index (χ0v) is 18.6. The maximum Gasteiger partial charge on any atom is 0.226 e. The molecule has 1 atom stereocenters. The highest BCUT2D eigenvalue weighted by Crippen LogP contribution is 2.41. The first-order chi connectivity index (χ1) is 15.0. The van der Waals surface area contributed by atoms with Crippen LogP contribution in [0.25, 0.3) is 15.3 Å². The lowest BCUT2D eigenvalue weighted by Gasteiger charge is -2.24. The summed E-state index contributed by atoms with van der Waals surface area (Å²) in [7, 11) is 0. The van der Waals surface area contributed by atoms with Gasteiger partial charge >= 0.3 is 0 Å². The Bertz CT molecular complexity index is 1270. The molecule has 31 heavy (non-hydrogen) atoms. The molecule has 7 heteroatoms. The third-order valence-electron chi connectivity index (χ3n) is 5.57. The molecule has 0 fully saturated rings. The highest BCUT2D eigenvalue weighted by molar-refractivity contribution is 7.20. The van der Waals surface area contributed by atoms with E-state index in [1.807, 2.05) is 25.1 Å². The van der Waals surface area contributed by atoms with Gasteiger partial charge in [0.05, 0.1) is 22.5 Å². The molecule has 6 nitrogen and oxygen atoms in total. The zero-order chi connectivity index (χ0) is 21.5. The predicted octanol–water partition coefficient (Wildman–Crippen LogP) is 5.36. The molecule has 0 saturated heterocycles. The summed E-state index contributed by atoms with van der Waals surface area (Å²) in [6, 6.07) is 14.3. The minimum Gasteiger partial charge on any atom is -0.494 e. The maximum atomic E-state index is 12.6. The Morgan fingerprint density at radius 2 is 2.00 bits per heavy atom. The first kappa shape index (κ1) is 19.8. The van der Waals surface area contributed by atoms with E-state index in [-0.39, 0.29) is 11.8 Å². The molecule has 0 spiro atoms. The van der Waals surface area contributed by atoms with Crippen molar-refractivity contribution >= 4 is 33.3 Å². The van der Waals surface area contributed by atoms with E-state index in [9.17, 15) is 4.79 Å². The number of amides is 1. The Morgan fingerprint density at radius 1 is 1.19 bits per heavy atom. The van der Waals surface area contributed by atoms with E-state index < -0.39 is 0 Å². The van der Waals surface area contributed by atoms with Crippen LogP contribution in [0.3, 0.4) is 0 Å². The molecule has 1 N–H and O–H groups in total. The van der Waals surface area contributed by atoms with E-state index in [0.717, 1.165) is 50.2 Å². The van der Waals surface area contributed by atoms with Gasteiger partial charge in [-0.25, -0.2) is 4.98 Å². The standard InChI is InChI=1S/C24H24N4O2S/c1-4-11-30-17-8-6-16(7-9-17)18-13-21(29)26-23-22(18)15(3)27-28(23)24-25-19-10-5-14(2)12-20(19)31-24/h5-10,12,18H,4,11,13H2,1-3H3,(H,26,29). The molecule has 0 saturated carbocycles. The molecule has 2 aromatic carbocycles. The number of nitrogens with one attached hydrogen (secondary N) is 1. The summed E-state index contributed by atoms with van der Waals surface area (Å²) in [5.74, 6) is 1.51. The average molecular weight is 433 g/mol. The lowest BCUT2D eigenvalue weighted by molar-refractivity contribution is -0.116. The molecule has 3 heterocycles. The number of carbonyl (C=O) groups excluding carboxylic acids is 1. The lowest BCUT2D eigenvalue weighted by Crippen LogP contribution is -2.24. The number of aryl methyl sites for hydroxylation is 2. The number of ether oxygens (including phenoxy) is 1. The van der Waals surface area contributed by atoms with Crippen LogP contribution >= 0.6 is 11.3 Å². The van der Waals surface area contributed by atoms with Crippen molar-refractivity contribution in [1.82, 2.24) is 14.8 Å². The van der Waals surface area contributed by atoms with Gasteiger partial charge < -0.3 is 10.1 Å². The number of hydrogen-bond acceptors (Lipinski definition) is 5. The summed E-state index contributed by atoms with van der Waals surface area (Å²) in [5, 5.41) is 8.58. The van der Waals surface area contributed by atoms with Crippen LogP contribution < -0.4 is 10.1 Å². The molecule has 1 aliphatic heterocycles. The third kappa shape index (κ3) is 3.59. The number of anilines is 1. The number of rotatable bonds is 5. The van der Waals surface area contributed by atoms with Crippen molar-refractivity contribution in [3.8, 4) is 10.9 Å². The normalized spacial score (nSPS) is 15.7. The highest BCUT2D eigenvalue weighted by atomic mass is 32.1. The average Bonchev–Trinajstić information content (AvgIpc) is 3.32. The molecule has 0 aliphatic carbocycles. The fourth-order valence-corrected chi connectivity index (χ4v) is 5.12. The fraction of sp³-hybridized carbons (Fsp3) is 0.292. The van der Waals surface area contributed by atoms with Crippen LogP contribution in [-0.4, -0.2) is 27.3 Å². The Kier molecular flexibility index (Phi) is 4.98. The largest absolute Gasteiger partial charge is 0.494 e. The molecular weight excluding hydrogens is 408 g/mol. The second-order valence-electron chi connectivity index (χ2n) is 7.95. The van der Waals surface area contributed by atoms with E-state index in [2.05, 4.69) is 43.4 Å². The van der Waals surface area contributed by atoms with Crippen LogP contribution in [-0.2, 0) is 4.79 Å². The molecule has 1 amide bonds. The number of benzene rings is 2. The predicted molar refractivity (Wildman–Crippen MR) is 124 cm³/mol. The molecular formula is C24H24N4O2S. The zero-order valence-electron chi connectivity index (χ0n) is 17.8. The van der Waals surface area contributed by atoms with Crippen molar-refractivity contribution in [3.05, 3.63) is 64.8 Å². The number of nitrogens with zero attached hydrogens (tertiary/aromatic N) is 3. The van der Waals surface area contributed by atoms with Crippen LogP contribution in [0.2, 0.25) is 0 Å². The van der Waals surface area contributed by atoms with Gasteiger partial charge in [0.2, 0.25) is 11.0 Å². The van der Waals surface area contributed by atoms with E-state index >= 15 is 0 Å². The molecule has 0 bridgehead atoms. The Balaban J connectivity index is 1.56. The maximum absolute atomic E-state index is 12.6. The number of thiazole rings is 1. The summed E-state index contributed by atoms with van der Waals surface area (Å²) >= 11 is 1.58. The Labute approximate surface area is 184 Å². The lowest BCUT2D eigenvalue weighted by atomic mass is 9.86. The molecule has 158 valence electrons. The minimum absolute atomic E-state index is 0.0121. The van der Waals surface area contributed by atoms with Crippen molar-refractivity contribution in [2.24, 2.45) is 0 Å². The third-order valence-corrected chi connectivity index (χ3v) is 6.57. The molecule has 2 aromatic heterocycles. The van der Waals surface area contributed by atoms with Crippen molar-refractivity contribution in [3.63, 3.8) is 0 Å². The topological polar surface area (TPSA) is 69.0 Å². The Morgan fingerprint density at radius 3 is 2.77 bits per heavy atom. The summed E-state index contributed by atoms with van der Waals surface area (Å²) < 4.78 is 8.60. The second kappa shape index (κ2) is 7.81. The van der Waals surface area contributed by atoms with E-state index in [1.165, 1.54) is 5.56 Å². The van der Waals surface area contributed by atoms with Crippen molar-refractivity contribution < 1.29 is 9.53 Å². The molecule has 5 rings (SSSR count). The van der Waals surface area contributed by atoms with Crippen LogP contribution in [0.1, 0.15) is 48.1 Å². The van der Waals surface area contributed by atoms with Crippen LogP contribution in [0.15, 0.2) is 42.5 Å². The molecule has 4 aromatic rings. The molecule has 0 radical (unpaired) electrons. The summed E-state index contributed by atoms with van der Waals surface area (Å²) in [4.78, 5) is 17.4. The molecule has 1 aliphatic rings. The summed E-state index contributed by atoms with van der Waals surface area (Å²) in [6.07, 6.45) is 1.37. The first-order valence-corrected chi connectivity index (χ1v) is 11.3. The van der Waals surface area contributed by atoms with Gasteiger partial charge in [0, 0.05) is 17.9 Å². The fourth-order valence-electron chi connectivity index (χ4n) is 4.10. The van der Waals surface area contributed by atoms with Crippen molar-refractivity contribution in [1.29, 1.82) is 0 Å². The van der Waals surface area contributed by atoms with Crippen molar-refractivity contribution in [2.75, 3.05) is 11.9 Å². The second-order valence-corrected chi connectivity index (χ2v) is 8.96. The molecule has 1 unspecified atom stereocenters. The van der Waals surface area contributed by atoms with Crippen LogP contribution in [0.4, 0.5) is 5.82 Å². The number of hydrogen-bond donors (Lipinski definition) is 1. The number of aromatic nitrogens is 3. The van der Waals surface area contributed by atoms with Crippen LogP contribution in [0.5, 0.6) is 5.75 Å². The Hall–Kier alpha value is -3.19. The highest BCUT2D eigenvalue weighted by Gasteiger charge is 2.33. The first-order valence-electron chi connectivity index (χ1n) is 10.5. The SMILES string of the molecule is CCCOc1ccc(C2CC(=O)Nc3c2c(C)nn3-c2nc3ccc(C)cc3s2)cc1. The van der Waals surface area contributed by atoms with Gasteiger partial charge in [-0.2, -0.15) is 9.78 Å². The minimum atomic E-state index is -0.0469. The van der Waals surface area contributed by atoms with E-state index in [1.54, 1.807) is 16.0 Å². The van der Waals surface area contributed by atoms with Gasteiger partial charge in [-0.05, 0) is 55.7 Å².